The average molecular weight is 190 g/mol. The summed E-state index contributed by atoms with van der Waals surface area (Å²) in [6, 6.07) is 7.39. The molecule has 0 aliphatic rings. The molecule has 1 heterocycles. The van der Waals surface area contributed by atoms with Crippen LogP contribution in [0.5, 0.6) is 0 Å². The van der Waals surface area contributed by atoms with Crippen LogP contribution in [0.15, 0.2) is 28.7 Å². The van der Waals surface area contributed by atoms with Gasteiger partial charge in [0.1, 0.15) is 11.3 Å². The molecule has 0 atom stereocenters. The number of carboxylic acids is 1. The molecular weight excluding hydrogens is 180 g/mol. The van der Waals surface area contributed by atoms with Gasteiger partial charge in [0.15, 0.2) is 0 Å². The summed E-state index contributed by atoms with van der Waals surface area (Å²) < 4.78 is 5.40. The van der Waals surface area contributed by atoms with Crippen LogP contribution in [-0.2, 0) is 11.2 Å². The van der Waals surface area contributed by atoms with Gasteiger partial charge in [0, 0.05) is 5.39 Å². The smallest absolute Gasteiger partial charge is 0.307 e. The Balaban J connectivity index is 2.45. The predicted octanol–water partition coefficient (Wildman–Crippen LogP) is 2.37. The van der Waals surface area contributed by atoms with Crippen LogP contribution in [0.4, 0.5) is 0 Å². The Morgan fingerprint density at radius 1 is 1.43 bits per heavy atom. The molecule has 14 heavy (non-hydrogen) atoms. The fraction of sp³-hybridized carbons (Fsp3) is 0.182. The van der Waals surface area contributed by atoms with Crippen molar-refractivity contribution in [3.05, 3.63) is 35.6 Å². The number of aryl methyl sites for hydroxylation is 1. The average Bonchev–Trinajstić information content (AvgIpc) is 2.42. The van der Waals surface area contributed by atoms with Crippen molar-refractivity contribution in [2.24, 2.45) is 0 Å². The number of hydrogen-bond donors (Lipinski definition) is 1. The molecule has 72 valence electrons. The molecule has 0 bridgehead atoms. The number of carbonyl (C=O) groups is 1. The Morgan fingerprint density at radius 2 is 2.21 bits per heavy atom. The van der Waals surface area contributed by atoms with Gasteiger partial charge >= 0.3 is 5.97 Å². The summed E-state index contributed by atoms with van der Waals surface area (Å²) in [4.78, 5) is 10.5. The molecule has 0 aliphatic carbocycles. The summed E-state index contributed by atoms with van der Waals surface area (Å²) >= 11 is 0. The molecule has 3 nitrogen and oxygen atoms in total. The Kier molecular flexibility index (Phi) is 2.00. The van der Waals surface area contributed by atoms with Crippen LogP contribution in [0.1, 0.15) is 11.3 Å². The lowest BCUT2D eigenvalue weighted by Gasteiger charge is -1.95. The highest BCUT2D eigenvalue weighted by molar-refractivity contribution is 5.80. The van der Waals surface area contributed by atoms with Gasteiger partial charge in [-0.2, -0.15) is 0 Å². The minimum absolute atomic E-state index is 0.0374. The summed E-state index contributed by atoms with van der Waals surface area (Å²) in [5, 5.41) is 9.62. The van der Waals surface area contributed by atoms with Crippen molar-refractivity contribution in [3.63, 3.8) is 0 Å². The highest BCUT2D eigenvalue weighted by atomic mass is 16.4. The lowest BCUT2D eigenvalue weighted by Crippen LogP contribution is -1.99. The van der Waals surface area contributed by atoms with E-state index in [0.717, 1.165) is 22.3 Å². The molecule has 2 rings (SSSR count). The molecule has 0 saturated heterocycles. The van der Waals surface area contributed by atoms with Crippen molar-refractivity contribution in [3.8, 4) is 0 Å². The number of rotatable bonds is 2. The zero-order valence-corrected chi connectivity index (χ0v) is 7.78. The number of aliphatic carboxylic acids is 1. The van der Waals surface area contributed by atoms with Crippen molar-refractivity contribution in [1.82, 2.24) is 0 Å². The minimum Gasteiger partial charge on any atom is -0.481 e. The zero-order valence-electron chi connectivity index (χ0n) is 7.78. The van der Waals surface area contributed by atoms with Crippen LogP contribution >= 0.6 is 0 Å². The van der Waals surface area contributed by atoms with Gasteiger partial charge in [-0.15, -0.1) is 0 Å². The van der Waals surface area contributed by atoms with Gasteiger partial charge in [-0.25, -0.2) is 0 Å². The number of hydrogen-bond acceptors (Lipinski definition) is 2. The van der Waals surface area contributed by atoms with Crippen LogP contribution in [0.2, 0.25) is 0 Å². The molecule has 0 fully saturated rings. The van der Waals surface area contributed by atoms with Gasteiger partial charge in [0.25, 0.3) is 0 Å². The maximum absolute atomic E-state index is 10.5. The minimum atomic E-state index is -0.826. The van der Waals surface area contributed by atoms with Gasteiger partial charge < -0.3 is 9.52 Å². The normalized spacial score (nSPS) is 10.6. The standard InChI is InChI=1S/C11H10O3/c1-7-4-9-3-2-8(6-11(12)13)5-10(9)14-7/h2-5H,6H2,1H3,(H,12,13). The van der Waals surface area contributed by atoms with E-state index in [1.807, 2.05) is 25.1 Å². The maximum atomic E-state index is 10.5. The first kappa shape index (κ1) is 8.81. The second-order valence-electron chi connectivity index (χ2n) is 3.30. The molecular formula is C11H10O3. The third-order valence-electron chi connectivity index (χ3n) is 2.06. The first-order valence-corrected chi connectivity index (χ1v) is 4.36. The largest absolute Gasteiger partial charge is 0.481 e. The first-order chi connectivity index (χ1) is 6.65. The zero-order chi connectivity index (χ0) is 10.1. The van der Waals surface area contributed by atoms with E-state index in [1.54, 1.807) is 6.07 Å². The van der Waals surface area contributed by atoms with Crippen LogP contribution < -0.4 is 0 Å². The number of fused-ring (bicyclic) bond motifs is 1. The van der Waals surface area contributed by atoms with Crippen molar-refractivity contribution >= 4 is 16.9 Å². The third-order valence-corrected chi connectivity index (χ3v) is 2.06. The molecule has 0 aliphatic heterocycles. The molecule has 1 aromatic heterocycles. The van der Waals surface area contributed by atoms with Crippen LogP contribution in [0.3, 0.4) is 0 Å². The second-order valence-corrected chi connectivity index (χ2v) is 3.30. The molecule has 0 radical (unpaired) electrons. The summed E-state index contributed by atoms with van der Waals surface area (Å²) in [5.41, 5.74) is 1.51. The van der Waals surface area contributed by atoms with E-state index in [1.165, 1.54) is 0 Å². The van der Waals surface area contributed by atoms with E-state index < -0.39 is 5.97 Å². The monoisotopic (exact) mass is 190 g/mol. The molecule has 1 aromatic carbocycles. The van der Waals surface area contributed by atoms with Crippen molar-refractivity contribution in [2.45, 2.75) is 13.3 Å². The topological polar surface area (TPSA) is 50.4 Å². The van der Waals surface area contributed by atoms with Crippen molar-refractivity contribution in [2.75, 3.05) is 0 Å². The molecule has 0 amide bonds. The summed E-state index contributed by atoms with van der Waals surface area (Å²) in [6.07, 6.45) is 0.0374. The van der Waals surface area contributed by atoms with Crippen LogP contribution in [0, 0.1) is 6.92 Å². The molecule has 0 spiro atoms. The quantitative estimate of drug-likeness (QED) is 0.790. The fourth-order valence-corrected chi connectivity index (χ4v) is 1.49. The van der Waals surface area contributed by atoms with Gasteiger partial charge in [0.05, 0.1) is 6.42 Å². The molecule has 2 aromatic rings. The third kappa shape index (κ3) is 1.62. The van der Waals surface area contributed by atoms with Gasteiger partial charge in [-0.3, -0.25) is 4.79 Å². The summed E-state index contributed by atoms with van der Waals surface area (Å²) in [5.74, 6) is 0.0140. The van der Waals surface area contributed by atoms with Gasteiger partial charge in [-0.1, -0.05) is 12.1 Å². The predicted molar refractivity (Wildman–Crippen MR) is 52.3 cm³/mol. The lowest BCUT2D eigenvalue weighted by atomic mass is 10.1. The number of benzene rings is 1. The van der Waals surface area contributed by atoms with Crippen molar-refractivity contribution in [1.29, 1.82) is 0 Å². The first-order valence-electron chi connectivity index (χ1n) is 4.36. The van der Waals surface area contributed by atoms with E-state index in [-0.39, 0.29) is 6.42 Å². The second kappa shape index (κ2) is 3.18. The molecule has 0 saturated carbocycles. The molecule has 1 N–H and O–H groups in total. The van der Waals surface area contributed by atoms with Gasteiger partial charge in [0.2, 0.25) is 0 Å². The summed E-state index contributed by atoms with van der Waals surface area (Å²) in [6.45, 7) is 1.87. The van der Waals surface area contributed by atoms with Crippen LogP contribution in [0.25, 0.3) is 11.0 Å². The van der Waals surface area contributed by atoms with E-state index in [4.69, 9.17) is 9.52 Å². The highest BCUT2D eigenvalue weighted by Crippen LogP contribution is 2.20. The Morgan fingerprint density at radius 3 is 2.93 bits per heavy atom. The lowest BCUT2D eigenvalue weighted by molar-refractivity contribution is -0.136. The van der Waals surface area contributed by atoms with Gasteiger partial charge in [-0.05, 0) is 24.6 Å². The number of furan rings is 1. The Labute approximate surface area is 81.0 Å². The molecule has 3 heteroatoms. The van der Waals surface area contributed by atoms with E-state index >= 15 is 0 Å². The summed E-state index contributed by atoms with van der Waals surface area (Å²) in [7, 11) is 0. The van der Waals surface area contributed by atoms with E-state index in [2.05, 4.69) is 0 Å². The Bertz CT molecular complexity index is 482. The maximum Gasteiger partial charge on any atom is 0.307 e. The highest BCUT2D eigenvalue weighted by Gasteiger charge is 2.04. The SMILES string of the molecule is Cc1cc2ccc(CC(=O)O)cc2o1. The van der Waals surface area contributed by atoms with Crippen molar-refractivity contribution < 1.29 is 14.3 Å². The van der Waals surface area contributed by atoms with Crippen LogP contribution in [-0.4, -0.2) is 11.1 Å². The number of carboxylic acid groups (broad SMARTS) is 1. The Hall–Kier alpha value is -1.77. The molecule has 0 unspecified atom stereocenters. The van der Waals surface area contributed by atoms with E-state index in [0.29, 0.717) is 0 Å². The van der Waals surface area contributed by atoms with E-state index in [9.17, 15) is 4.79 Å². The fourth-order valence-electron chi connectivity index (χ4n) is 1.49.